The number of amides is 1. The molecule has 0 saturated carbocycles. The first-order valence-corrected chi connectivity index (χ1v) is 5.78. The van der Waals surface area contributed by atoms with Gasteiger partial charge in [0.1, 0.15) is 0 Å². The molecule has 1 N–H and O–H groups in total. The van der Waals surface area contributed by atoms with E-state index in [1.165, 1.54) is 7.11 Å². The second-order valence-corrected chi connectivity index (χ2v) is 3.61. The zero-order valence-electron chi connectivity index (χ0n) is 11.1. The molecule has 0 spiro atoms. The monoisotopic (exact) mass is 242 g/mol. The van der Waals surface area contributed by atoms with E-state index >= 15 is 0 Å². The third-order valence-corrected chi connectivity index (χ3v) is 2.50. The molecule has 98 valence electrons. The predicted molar refractivity (Wildman–Crippen MR) is 66.6 cm³/mol. The number of carbonyl (C=O) groups is 2. The molecular formula is C12H22N2O3. The smallest absolute Gasteiger partial charge is 0.333 e. The molecule has 1 amide bonds. The van der Waals surface area contributed by atoms with Crippen molar-refractivity contribution in [3.8, 4) is 0 Å². The van der Waals surface area contributed by atoms with E-state index in [0.29, 0.717) is 25.1 Å². The molecule has 0 radical (unpaired) electrons. The molecule has 0 saturated heterocycles. The molecule has 0 unspecified atom stereocenters. The van der Waals surface area contributed by atoms with Crippen LogP contribution in [0, 0.1) is 0 Å². The van der Waals surface area contributed by atoms with Crippen LogP contribution in [0.25, 0.3) is 0 Å². The summed E-state index contributed by atoms with van der Waals surface area (Å²) in [6.07, 6.45) is 2.38. The standard InChI is InChI=1S/C12H22N2O3/c1-5-10(12(16)17-4)7-8-13-9-11(15)14(3)6-2/h7,13H,5-6,8-9H2,1-4H3/b10-7-. The Balaban J connectivity index is 4.00. The fourth-order valence-corrected chi connectivity index (χ4v) is 1.19. The van der Waals surface area contributed by atoms with Crippen molar-refractivity contribution in [3.05, 3.63) is 11.6 Å². The van der Waals surface area contributed by atoms with Crippen molar-refractivity contribution in [3.63, 3.8) is 0 Å². The number of nitrogens with zero attached hydrogens (tertiary/aromatic N) is 1. The Bertz CT molecular complexity index is 287. The van der Waals surface area contributed by atoms with E-state index < -0.39 is 0 Å². The van der Waals surface area contributed by atoms with Gasteiger partial charge in [-0.15, -0.1) is 0 Å². The highest BCUT2D eigenvalue weighted by Gasteiger charge is 2.07. The average Bonchev–Trinajstić information content (AvgIpc) is 2.36. The third-order valence-electron chi connectivity index (χ3n) is 2.50. The summed E-state index contributed by atoms with van der Waals surface area (Å²) in [6, 6.07) is 0. The number of likely N-dealkylation sites (N-methyl/N-ethyl adjacent to an activating group) is 1. The summed E-state index contributed by atoms with van der Waals surface area (Å²) in [5.41, 5.74) is 0.622. The summed E-state index contributed by atoms with van der Waals surface area (Å²) in [4.78, 5) is 24.3. The Morgan fingerprint density at radius 1 is 1.35 bits per heavy atom. The van der Waals surface area contributed by atoms with Crippen molar-refractivity contribution < 1.29 is 14.3 Å². The van der Waals surface area contributed by atoms with Crippen molar-refractivity contribution in [2.75, 3.05) is 33.8 Å². The maximum absolute atomic E-state index is 11.4. The Kier molecular flexibility index (Phi) is 8.05. The number of carbonyl (C=O) groups excluding carboxylic acids is 2. The van der Waals surface area contributed by atoms with Crippen LogP contribution >= 0.6 is 0 Å². The van der Waals surface area contributed by atoms with Crippen LogP contribution in [-0.4, -0.2) is 50.6 Å². The molecule has 0 aromatic rings. The lowest BCUT2D eigenvalue weighted by molar-refractivity contribution is -0.136. The maximum Gasteiger partial charge on any atom is 0.333 e. The van der Waals surface area contributed by atoms with Gasteiger partial charge in [-0.3, -0.25) is 4.79 Å². The van der Waals surface area contributed by atoms with E-state index in [9.17, 15) is 9.59 Å². The fraction of sp³-hybridized carbons (Fsp3) is 0.667. The van der Waals surface area contributed by atoms with Gasteiger partial charge < -0.3 is 15.0 Å². The first-order chi connectivity index (χ1) is 8.06. The lowest BCUT2D eigenvalue weighted by Crippen LogP contribution is -2.35. The average molecular weight is 242 g/mol. The van der Waals surface area contributed by atoms with Gasteiger partial charge in [0, 0.05) is 25.7 Å². The number of ether oxygens (including phenoxy) is 1. The zero-order chi connectivity index (χ0) is 13.3. The lowest BCUT2D eigenvalue weighted by atomic mass is 10.2. The van der Waals surface area contributed by atoms with Crippen molar-refractivity contribution in [1.29, 1.82) is 0 Å². The first kappa shape index (κ1) is 15.6. The summed E-state index contributed by atoms with van der Waals surface area (Å²) in [5, 5.41) is 2.97. The van der Waals surface area contributed by atoms with Crippen LogP contribution < -0.4 is 5.32 Å². The number of hydrogen-bond donors (Lipinski definition) is 1. The van der Waals surface area contributed by atoms with E-state index in [1.807, 2.05) is 13.8 Å². The molecule has 0 aliphatic carbocycles. The van der Waals surface area contributed by atoms with E-state index in [2.05, 4.69) is 10.1 Å². The minimum Gasteiger partial charge on any atom is -0.466 e. The summed E-state index contributed by atoms with van der Waals surface area (Å²) in [6.45, 7) is 5.27. The van der Waals surface area contributed by atoms with Gasteiger partial charge in [0.25, 0.3) is 0 Å². The van der Waals surface area contributed by atoms with E-state index in [4.69, 9.17) is 0 Å². The second kappa shape index (κ2) is 8.75. The molecule has 0 bridgehead atoms. The highest BCUT2D eigenvalue weighted by atomic mass is 16.5. The fourth-order valence-electron chi connectivity index (χ4n) is 1.19. The zero-order valence-corrected chi connectivity index (χ0v) is 11.1. The minimum absolute atomic E-state index is 0.0389. The van der Waals surface area contributed by atoms with Gasteiger partial charge >= 0.3 is 5.97 Å². The maximum atomic E-state index is 11.4. The highest BCUT2D eigenvalue weighted by molar-refractivity contribution is 5.88. The summed E-state index contributed by atoms with van der Waals surface area (Å²) in [7, 11) is 3.12. The van der Waals surface area contributed by atoms with Gasteiger partial charge in [-0.2, -0.15) is 0 Å². The number of methoxy groups -OCH3 is 1. The van der Waals surface area contributed by atoms with Crippen molar-refractivity contribution in [2.24, 2.45) is 0 Å². The molecule has 0 atom stereocenters. The normalized spacial score (nSPS) is 11.2. The minimum atomic E-state index is -0.314. The number of rotatable bonds is 7. The number of nitrogens with one attached hydrogen (secondary N) is 1. The Morgan fingerprint density at radius 2 is 2.00 bits per heavy atom. The van der Waals surface area contributed by atoms with Gasteiger partial charge in [0.2, 0.25) is 5.91 Å². The van der Waals surface area contributed by atoms with E-state index in [0.717, 1.165) is 0 Å². The van der Waals surface area contributed by atoms with Crippen molar-refractivity contribution >= 4 is 11.9 Å². The van der Waals surface area contributed by atoms with Gasteiger partial charge in [-0.1, -0.05) is 13.0 Å². The molecule has 0 aliphatic heterocycles. The van der Waals surface area contributed by atoms with Crippen molar-refractivity contribution in [1.82, 2.24) is 10.2 Å². The van der Waals surface area contributed by atoms with Crippen LogP contribution in [-0.2, 0) is 14.3 Å². The molecule has 0 aromatic heterocycles. The number of esters is 1. The van der Waals surface area contributed by atoms with Crippen LogP contribution in [0.4, 0.5) is 0 Å². The van der Waals surface area contributed by atoms with Crippen LogP contribution in [0.2, 0.25) is 0 Å². The Hall–Kier alpha value is -1.36. The summed E-state index contributed by atoms with van der Waals surface area (Å²) in [5.74, 6) is -0.275. The largest absolute Gasteiger partial charge is 0.466 e. The molecule has 5 heteroatoms. The molecule has 5 nitrogen and oxygen atoms in total. The topological polar surface area (TPSA) is 58.6 Å². The van der Waals surface area contributed by atoms with Gasteiger partial charge in [-0.05, 0) is 13.3 Å². The predicted octanol–water partition coefficient (Wildman–Crippen LogP) is 0.564. The Labute approximate surface area is 103 Å². The summed E-state index contributed by atoms with van der Waals surface area (Å²) < 4.78 is 4.63. The lowest BCUT2D eigenvalue weighted by Gasteiger charge is -2.14. The quantitative estimate of drug-likeness (QED) is 0.403. The molecular weight excluding hydrogens is 220 g/mol. The molecule has 0 heterocycles. The molecule has 0 aliphatic rings. The van der Waals surface area contributed by atoms with Crippen LogP contribution in [0.15, 0.2) is 11.6 Å². The number of hydrogen-bond acceptors (Lipinski definition) is 4. The van der Waals surface area contributed by atoms with Crippen LogP contribution in [0.1, 0.15) is 20.3 Å². The van der Waals surface area contributed by atoms with E-state index in [1.54, 1.807) is 18.0 Å². The molecule has 0 rings (SSSR count). The van der Waals surface area contributed by atoms with Gasteiger partial charge in [0.15, 0.2) is 0 Å². The molecule has 0 aromatic carbocycles. The first-order valence-electron chi connectivity index (χ1n) is 5.78. The van der Waals surface area contributed by atoms with Crippen LogP contribution in [0.5, 0.6) is 0 Å². The van der Waals surface area contributed by atoms with Crippen molar-refractivity contribution in [2.45, 2.75) is 20.3 Å². The van der Waals surface area contributed by atoms with Crippen LogP contribution in [0.3, 0.4) is 0 Å². The SMILES string of the molecule is CC/C(=C/CNCC(=O)N(C)CC)C(=O)OC. The summed E-state index contributed by atoms with van der Waals surface area (Å²) >= 11 is 0. The highest BCUT2D eigenvalue weighted by Crippen LogP contribution is 2.01. The molecule has 0 fully saturated rings. The molecule has 17 heavy (non-hydrogen) atoms. The van der Waals surface area contributed by atoms with Gasteiger partial charge in [-0.25, -0.2) is 4.79 Å². The second-order valence-electron chi connectivity index (χ2n) is 3.61. The van der Waals surface area contributed by atoms with Gasteiger partial charge in [0.05, 0.1) is 13.7 Å². The Morgan fingerprint density at radius 3 is 2.47 bits per heavy atom. The van der Waals surface area contributed by atoms with E-state index in [-0.39, 0.29) is 18.4 Å². The third kappa shape index (κ3) is 6.06.